The van der Waals surface area contributed by atoms with Crippen molar-refractivity contribution < 1.29 is 9.84 Å². The molecule has 156 valence electrons. The predicted octanol–water partition coefficient (Wildman–Crippen LogP) is 6.23. The second kappa shape index (κ2) is 8.67. The highest BCUT2D eigenvalue weighted by atomic mass is 35.5. The lowest BCUT2D eigenvalue weighted by Crippen LogP contribution is -2.15. The number of fused-ring (bicyclic) bond motifs is 2. The second-order valence-corrected chi connectivity index (χ2v) is 8.57. The molecule has 0 bridgehead atoms. The summed E-state index contributed by atoms with van der Waals surface area (Å²) in [5.41, 5.74) is 4.76. The molecule has 3 heterocycles. The molecule has 0 saturated heterocycles. The van der Waals surface area contributed by atoms with E-state index in [2.05, 4.69) is 16.0 Å². The first kappa shape index (κ1) is 20.0. The molecule has 0 spiro atoms. The van der Waals surface area contributed by atoms with Gasteiger partial charge >= 0.3 is 0 Å². The number of rotatable bonds is 5. The molecule has 0 radical (unpaired) electrons. The van der Waals surface area contributed by atoms with Crippen LogP contribution in [-0.4, -0.2) is 21.7 Å². The van der Waals surface area contributed by atoms with Gasteiger partial charge in [0.15, 0.2) is 10.9 Å². The van der Waals surface area contributed by atoms with Crippen LogP contribution in [0.5, 0.6) is 11.5 Å². The zero-order valence-electron chi connectivity index (χ0n) is 16.7. The molecular weight excluding hydrogens is 430 g/mol. The van der Waals surface area contributed by atoms with E-state index in [0.29, 0.717) is 11.6 Å². The van der Waals surface area contributed by atoms with Gasteiger partial charge in [-0.25, -0.2) is 4.98 Å². The number of benzene rings is 2. The molecule has 4 aromatic rings. The van der Waals surface area contributed by atoms with Crippen molar-refractivity contribution in [3.8, 4) is 22.9 Å². The largest absolute Gasteiger partial charge is 0.455 e. The molecule has 5 nitrogen and oxygen atoms in total. The van der Waals surface area contributed by atoms with E-state index in [1.807, 2.05) is 53.9 Å². The Bertz CT molecular complexity index is 1230. The fourth-order valence-corrected chi connectivity index (χ4v) is 4.62. The van der Waals surface area contributed by atoms with Crippen LogP contribution in [0.2, 0.25) is 5.02 Å². The third kappa shape index (κ3) is 4.14. The Hall–Kier alpha value is -2.93. The molecule has 1 N–H and O–H groups in total. The lowest BCUT2D eigenvalue weighted by molar-refractivity contribution is 0.288. The number of para-hydroxylation sites is 1. The minimum atomic E-state index is 0.180. The van der Waals surface area contributed by atoms with Gasteiger partial charge in [0.1, 0.15) is 11.4 Å². The van der Waals surface area contributed by atoms with Gasteiger partial charge in [0.25, 0.3) is 0 Å². The Balaban J connectivity index is 1.53. The van der Waals surface area contributed by atoms with E-state index in [1.165, 1.54) is 0 Å². The summed E-state index contributed by atoms with van der Waals surface area (Å²) in [7, 11) is 0. The molecule has 0 saturated carbocycles. The average Bonchev–Trinajstić information content (AvgIpc) is 3.22. The molecule has 0 atom stereocenters. The Morgan fingerprint density at radius 2 is 1.97 bits per heavy atom. The maximum Gasteiger partial charge on any atom is 0.190 e. The van der Waals surface area contributed by atoms with E-state index in [0.717, 1.165) is 57.7 Å². The fraction of sp³-hybridized carbons (Fsp3) is 0.167. The van der Waals surface area contributed by atoms with E-state index in [9.17, 15) is 0 Å². The molecule has 2 aromatic carbocycles. The van der Waals surface area contributed by atoms with Gasteiger partial charge in [-0.15, -0.1) is 11.3 Å². The Morgan fingerprint density at radius 1 is 1.06 bits per heavy atom. The molecule has 0 aliphatic carbocycles. The molecule has 31 heavy (non-hydrogen) atoms. The number of aromatic nitrogens is 2. The van der Waals surface area contributed by atoms with Crippen LogP contribution in [0.15, 0.2) is 66.2 Å². The highest BCUT2D eigenvalue weighted by Crippen LogP contribution is 2.44. The minimum Gasteiger partial charge on any atom is -0.455 e. The molecular formula is C24H20ClN3O2S. The normalized spacial score (nSPS) is 12.6. The van der Waals surface area contributed by atoms with Gasteiger partial charge in [0.05, 0.1) is 17.9 Å². The first-order valence-corrected chi connectivity index (χ1v) is 11.3. The fourth-order valence-electron chi connectivity index (χ4n) is 3.63. The Kier molecular flexibility index (Phi) is 5.59. The minimum absolute atomic E-state index is 0.180. The molecule has 1 aliphatic rings. The standard InChI is InChI=1S/C24H20ClN3O2S/c25-18-7-8-23-21(13-18)28(14-17-5-1-2-6-22(17)30-23)24-27-20(15-31-24)19-12-16(4-3-11-29)9-10-26-19/h1-2,5-10,12-13,15,29H,3-4,11,14H2. The molecule has 7 heteroatoms. The van der Waals surface area contributed by atoms with Crippen molar-refractivity contribution in [2.45, 2.75) is 19.4 Å². The molecule has 0 unspecified atom stereocenters. The zero-order valence-corrected chi connectivity index (χ0v) is 18.2. The summed E-state index contributed by atoms with van der Waals surface area (Å²) in [6.45, 7) is 0.805. The van der Waals surface area contributed by atoms with Crippen molar-refractivity contribution in [2.75, 3.05) is 11.5 Å². The van der Waals surface area contributed by atoms with Crippen LogP contribution in [0.3, 0.4) is 0 Å². The van der Waals surface area contributed by atoms with Crippen molar-refractivity contribution in [3.05, 3.63) is 82.3 Å². The van der Waals surface area contributed by atoms with E-state index in [4.69, 9.17) is 26.4 Å². The van der Waals surface area contributed by atoms with Crippen molar-refractivity contribution in [1.82, 2.24) is 9.97 Å². The summed E-state index contributed by atoms with van der Waals surface area (Å²) in [6, 6.07) is 17.7. The number of aliphatic hydroxyl groups is 1. The van der Waals surface area contributed by atoms with Crippen LogP contribution in [0, 0.1) is 0 Å². The van der Waals surface area contributed by atoms with Crippen molar-refractivity contribution in [3.63, 3.8) is 0 Å². The summed E-state index contributed by atoms with van der Waals surface area (Å²) in [6.07, 6.45) is 3.35. The zero-order chi connectivity index (χ0) is 21.2. The SMILES string of the molecule is OCCCc1ccnc(-c2csc(N3Cc4ccccc4Oc4ccc(Cl)cc43)n2)c1. The Labute approximate surface area is 189 Å². The number of hydrogen-bond donors (Lipinski definition) is 1. The molecule has 5 rings (SSSR count). The Morgan fingerprint density at radius 3 is 2.87 bits per heavy atom. The third-order valence-electron chi connectivity index (χ3n) is 5.17. The van der Waals surface area contributed by atoms with Crippen molar-refractivity contribution >= 4 is 33.8 Å². The lowest BCUT2D eigenvalue weighted by atomic mass is 10.1. The number of thiazole rings is 1. The number of hydrogen-bond acceptors (Lipinski definition) is 6. The topological polar surface area (TPSA) is 58.5 Å². The van der Waals surface area contributed by atoms with Gasteiger partial charge in [0, 0.05) is 28.8 Å². The number of anilines is 2. The van der Waals surface area contributed by atoms with Gasteiger partial charge in [-0.2, -0.15) is 0 Å². The van der Waals surface area contributed by atoms with E-state index >= 15 is 0 Å². The van der Waals surface area contributed by atoms with Crippen molar-refractivity contribution in [2.24, 2.45) is 0 Å². The van der Waals surface area contributed by atoms with E-state index in [-0.39, 0.29) is 6.61 Å². The summed E-state index contributed by atoms with van der Waals surface area (Å²) in [4.78, 5) is 11.5. The molecule has 2 aromatic heterocycles. The van der Waals surface area contributed by atoms with Crippen LogP contribution < -0.4 is 9.64 Å². The average molecular weight is 450 g/mol. The van der Waals surface area contributed by atoms with E-state index < -0.39 is 0 Å². The number of pyridine rings is 1. The van der Waals surface area contributed by atoms with Gasteiger partial charge in [-0.05, 0) is 54.8 Å². The van der Waals surface area contributed by atoms with Crippen LogP contribution in [0.25, 0.3) is 11.4 Å². The van der Waals surface area contributed by atoms with Crippen LogP contribution >= 0.6 is 22.9 Å². The highest BCUT2D eigenvalue weighted by Gasteiger charge is 2.24. The molecule has 1 aliphatic heterocycles. The van der Waals surface area contributed by atoms with Crippen molar-refractivity contribution in [1.29, 1.82) is 0 Å². The molecule has 0 fully saturated rings. The van der Waals surface area contributed by atoms with Gasteiger partial charge in [-0.3, -0.25) is 4.98 Å². The summed E-state index contributed by atoms with van der Waals surface area (Å²) in [5, 5.41) is 12.6. The maximum absolute atomic E-state index is 9.10. The third-order valence-corrected chi connectivity index (χ3v) is 6.26. The van der Waals surface area contributed by atoms with Crippen LogP contribution in [-0.2, 0) is 13.0 Å². The number of halogens is 1. The predicted molar refractivity (Wildman–Crippen MR) is 125 cm³/mol. The first-order chi connectivity index (χ1) is 15.2. The number of ether oxygens (including phenoxy) is 1. The number of aliphatic hydroxyl groups excluding tert-OH is 1. The van der Waals surface area contributed by atoms with Gasteiger partial charge in [0.2, 0.25) is 0 Å². The molecule has 0 amide bonds. The number of aryl methyl sites for hydroxylation is 1. The quantitative estimate of drug-likeness (QED) is 0.391. The smallest absolute Gasteiger partial charge is 0.190 e. The maximum atomic E-state index is 9.10. The lowest BCUT2D eigenvalue weighted by Gasteiger charge is -2.21. The highest BCUT2D eigenvalue weighted by molar-refractivity contribution is 7.14. The number of nitrogens with zero attached hydrogens (tertiary/aromatic N) is 3. The van der Waals surface area contributed by atoms with Crippen LogP contribution in [0.4, 0.5) is 10.8 Å². The monoisotopic (exact) mass is 449 g/mol. The van der Waals surface area contributed by atoms with Gasteiger partial charge in [-0.1, -0.05) is 29.8 Å². The summed E-state index contributed by atoms with van der Waals surface area (Å²) in [5.74, 6) is 1.58. The summed E-state index contributed by atoms with van der Waals surface area (Å²) >= 11 is 7.89. The van der Waals surface area contributed by atoms with Gasteiger partial charge < -0.3 is 14.7 Å². The van der Waals surface area contributed by atoms with Crippen LogP contribution in [0.1, 0.15) is 17.5 Å². The second-order valence-electron chi connectivity index (χ2n) is 7.30. The summed E-state index contributed by atoms with van der Waals surface area (Å²) < 4.78 is 6.20. The van der Waals surface area contributed by atoms with E-state index in [1.54, 1.807) is 17.5 Å². The first-order valence-electron chi connectivity index (χ1n) is 10.1.